The number of aromatic nitrogens is 3. The minimum absolute atomic E-state index is 0.121. The number of rotatable bonds is 9. The molecule has 0 aliphatic heterocycles. The summed E-state index contributed by atoms with van der Waals surface area (Å²) in [5.74, 6) is 0.551. The molecule has 2 aromatic carbocycles. The van der Waals surface area contributed by atoms with Crippen molar-refractivity contribution in [2.24, 2.45) is 0 Å². The van der Waals surface area contributed by atoms with Crippen molar-refractivity contribution in [2.75, 3.05) is 45.7 Å². The fourth-order valence-corrected chi connectivity index (χ4v) is 3.77. The molecule has 0 unspecified atom stereocenters. The van der Waals surface area contributed by atoms with Crippen LogP contribution in [-0.4, -0.2) is 66.5 Å². The van der Waals surface area contributed by atoms with Crippen molar-refractivity contribution in [3.8, 4) is 17.3 Å². The van der Waals surface area contributed by atoms with Crippen LogP contribution >= 0.6 is 0 Å². The second-order valence-corrected chi connectivity index (χ2v) is 8.74. The van der Waals surface area contributed by atoms with E-state index in [1.807, 2.05) is 74.6 Å². The number of nitriles is 1. The van der Waals surface area contributed by atoms with Crippen LogP contribution in [0.15, 0.2) is 60.9 Å². The predicted molar refractivity (Wildman–Crippen MR) is 138 cm³/mol. The Morgan fingerprint density at radius 1 is 1.09 bits per heavy atom. The number of hydrogen-bond acceptors (Lipinski definition) is 6. The molecule has 8 nitrogen and oxygen atoms in total. The predicted octanol–water partition coefficient (Wildman–Crippen LogP) is 3.47. The zero-order valence-corrected chi connectivity index (χ0v) is 20.2. The first-order valence-electron chi connectivity index (χ1n) is 11.5. The molecule has 2 aromatic heterocycles. The van der Waals surface area contributed by atoms with Gasteiger partial charge in [0, 0.05) is 61.1 Å². The Bertz CT molecular complexity index is 1350. The highest BCUT2D eigenvalue weighted by atomic mass is 16.1. The standard InChI is InChI=1S/C27H29N7O/c1-33(2)14-15-34(3)27-30-13-11-24(32-27)20-5-7-21(8-6-20)26(35)29-12-10-19-4-9-25-23(16-19)22(17-28)18-31-25/h4-9,11,13,16,18,31H,10,12,14-15H2,1-3H3,(H,29,35). The molecule has 1 amide bonds. The summed E-state index contributed by atoms with van der Waals surface area (Å²) in [5, 5.41) is 13.1. The van der Waals surface area contributed by atoms with Crippen LogP contribution in [0.3, 0.4) is 0 Å². The lowest BCUT2D eigenvalue weighted by Gasteiger charge is -2.19. The summed E-state index contributed by atoms with van der Waals surface area (Å²) in [4.78, 5) is 28.9. The monoisotopic (exact) mass is 467 g/mol. The molecule has 0 fully saturated rings. The van der Waals surface area contributed by atoms with E-state index in [9.17, 15) is 10.1 Å². The molecule has 0 radical (unpaired) electrons. The van der Waals surface area contributed by atoms with E-state index in [0.717, 1.165) is 40.8 Å². The van der Waals surface area contributed by atoms with E-state index >= 15 is 0 Å². The SMILES string of the molecule is CN(C)CCN(C)c1nccc(-c2ccc(C(=O)NCCc3ccc4[nH]cc(C#N)c4c3)cc2)n1. The van der Waals surface area contributed by atoms with Crippen molar-refractivity contribution in [3.05, 3.63) is 77.6 Å². The molecule has 35 heavy (non-hydrogen) atoms. The Morgan fingerprint density at radius 3 is 2.63 bits per heavy atom. The fourth-order valence-electron chi connectivity index (χ4n) is 3.77. The van der Waals surface area contributed by atoms with Gasteiger partial charge in [-0.15, -0.1) is 0 Å². The summed E-state index contributed by atoms with van der Waals surface area (Å²) < 4.78 is 0. The van der Waals surface area contributed by atoms with E-state index in [-0.39, 0.29) is 5.91 Å². The molecule has 0 aliphatic carbocycles. The van der Waals surface area contributed by atoms with Crippen LogP contribution in [-0.2, 0) is 6.42 Å². The second-order valence-electron chi connectivity index (χ2n) is 8.74. The fraction of sp³-hybridized carbons (Fsp3) is 0.259. The van der Waals surface area contributed by atoms with Gasteiger partial charge in [-0.05, 0) is 56.4 Å². The summed E-state index contributed by atoms with van der Waals surface area (Å²) >= 11 is 0. The summed E-state index contributed by atoms with van der Waals surface area (Å²) in [6, 6.07) is 17.5. The molecule has 8 heteroatoms. The van der Waals surface area contributed by atoms with Crippen LogP contribution < -0.4 is 10.2 Å². The maximum atomic E-state index is 12.6. The molecular weight excluding hydrogens is 438 g/mol. The summed E-state index contributed by atoms with van der Waals surface area (Å²) in [5.41, 5.74) is 4.97. The van der Waals surface area contributed by atoms with E-state index in [1.165, 1.54) is 0 Å². The molecule has 178 valence electrons. The summed E-state index contributed by atoms with van der Waals surface area (Å²) in [6.07, 6.45) is 4.15. The van der Waals surface area contributed by atoms with E-state index < -0.39 is 0 Å². The molecule has 4 aromatic rings. The average Bonchev–Trinajstić information content (AvgIpc) is 3.29. The second kappa shape index (κ2) is 10.8. The first-order chi connectivity index (χ1) is 16.9. The van der Waals surface area contributed by atoms with Gasteiger partial charge in [0.25, 0.3) is 5.91 Å². The lowest BCUT2D eigenvalue weighted by molar-refractivity contribution is 0.0954. The lowest BCUT2D eigenvalue weighted by atomic mass is 10.1. The molecule has 4 rings (SSSR count). The van der Waals surface area contributed by atoms with Crippen molar-refractivity contribution in [1.82, 2.24) is 25.2 Å². The van der Waals surface area contributed by atoms with Crippen LogP contribution in [0, 0.1) is 11.3 Å². The van der Waals surface area contributed by atoms with Gasteiger partial charge in [0.05, 0.1) is 11.3 Å². The van der Waals surface area contributed by atoms with Gasteiger partial charge < -0.3 is 20.1 Å². The van der Waals surface area contributed by atoms with Crippen molar-refractivity contribution in [1.29, 1.82) is 5.26 Å². The highest BCUT2D eigenvalue weighted by Gasteiger charge is 2.10. The topological polar surface area (TPSA) is 101 Å². The number of carbonyl (C=O) groups is 1. The molecule has 2 heterocycles. The quantitative estimate of drug-likeness (QED) is 0.391. The van der Waals surface area contributed by atoms with E-state index in [0.29, 0.717) is 30.0 Å². The van der Waals surface area contributed by atoms with Gasteiger partial charge in [-0.25, -0.2) is 9.97 Å². The maximum absolute atomic E-state index is 12.6. The molecule has 2 N–H and O–H groups in total. The number of benzene rings is 2. The zero-order chi connectivity index (χ0) is 24.8. The smallest absolute Gasteiger partial charge is 0.251 e. The Kier molecular flexibility index (Phi) is 7.38. The van der Waals surface area contributed by atoms with Gasteiger partial charge in [-0.1, -0.05) is 18.2 Å². The van der Waals surface area contributed by atoms with Gasteiger partial charge in [0.1, 0.15) is 6.07 Å². The van der Waals surface area contributed by atoms with Gasteiger partial charge in [-0.2, -0.15) is 5.26 Å². The minimum Gasteiger partial charge on any atom is -0.360 e. The number of anilines is 1. The first kappa shape index (κ1) is 23.9. The Labute approximate surface area is 205 Å². The van der Waals surface area contributed by atoms with Gasteiger partial charge in [0.2, 0.25) is 5.95 Å². The molecule has 0 bridgehead atoms. The Morgan fingerprint density at radius 2 is 1.89 bits per heavy atom. The number of likely N-dealkylation sites (N-methyl/N-ethyl adjacent to an activating group) is 2. The van der Waals surface area contributed by atoms with Crippen LogP contribution in [0.2, 0.25) is 0 Å². The number of nitrogens with one attached hydrogen (secondary N) is 2. The molecular formula is C27H29N7O. The number of carbonyl (C=O) groups excluding carboxylic acids is 1. The van der Waals surface area contributed by atoms with E-state index in [4.69, 9.17) is 0 Å². The number of H-pyrrole nitrogens is 1. The highest BCUT2D eigenvalue weighted by molar-refractivity contribution is 5.94. The van der Waals surface area contributed by atoms with Gasteiger partial charge in [-0.3, -0.25) is 4.79 Å². The van der Waals surface area contributed by atoms with Crippen molar-refractivity contribution < 1.29 is 4.79 Å². The van der Waals surface area contributed by atoms with Crippen LogP contribution in [0.1, 0.15) is 21.5 Å². The largest absolute Gasteiger partial charge is 0.360 e. The highest BCUT2D eigenvalue weighted by Crippen LogP contribution is 2.20. The van der Waals surface area contributed by atoms with Gasteiger partial charge >= 0.3 is 0 Å². The normalized spacial score (nSPS) is 10.9. The number of fused-ring (bicyclic) bond motifs is 1. The number of nitrogens with zero attached hydrogens (tertiary/aromatic N) is 5. The zero-order valence-electron chi connectivity index (χ0n) is 20.2. The third kappa shape index (κ3) is 5.83. The number of amides is 1. The van der Waals surface area contributed by atoms with Crippen LogP contribution in [0.25, 0.3) is 22.2 Å². The summed E-state index contributed by atoms with van der Waals surface area (Å²) in [7, 11) is 6.06. The molecule has 0 spiro atoms. The first-order valence-corrected chi connectivity index (χ1v) is 11.5. The Balaban J connectivity index is 1.35. The third-order valence-electron chi connectivity index (χ3n) is 5.88. The van der Waals surface area contributed by atoms with Crippen molar-refractivity contribution >= 4 is 22.8 Å². The van der Waals surface area contributed by atoms with Crippen LogP contribution in [0.4, 0.5) is 5.95 Å². The third-order valence-corrected chi connectivity index (χ3v) is 5.88. The van der Waals surface area contributed by atoms with Gasteiger partial charge in [0.15, 0.2) is 0 Å². The summed E-state index contributed by atoms with van der Waals surface area (Å²) in [6.45, 7) is 2.25. The molecule has 0 aliphatic rings. The number of hydrogen-bond donors (Lipinski definition) is 2. The number of aromatic amines is 1. The Hall–Kier alpha value is -4.22. The molecule has 0 atom stereocenters. The maximum Gasteiger partial charge on any atom is 0.251 e. The van der Waals surface area contributed by atoms with E-state index in [2.05, 4.69) is 31.2 Å². The van der Waals surface area contributed by atoms with E-state index in [1.54, 1.807) is 12.4 Å². The minimum atomic E-state index is -0.121. The molecule has 0 saturated heterocycles. The van der Waals surface area contributed by atoms with Crippen LogP contribution in [0.5, 0.6) is 0 Å². The van der Waals surface area contributed by atoms with Crippen molar-refractivity contribution in [3.63, 3.8) is 0 Å². The average molecular weight is 468 g/mol. The van der Waals surface area contributed by atoms with Crippen molar-refractivity contribution in [2.45, 2.75) is 6.42 Å². The lowest BCUT2D eigenvalue weighted by Crippen LogP contribution is -2.29. The molecule has 0 saturated carbocycles.